The largest absolute Gasteiger partial charge is 0.388 e. The highest BCUT2D eigenvalue weighted by molar-refractivity contribution is 8.01. The molecule has 0 bridgehead atoms. The Morgan fingerprint density at radius 1 is 1.33 bits per heavy atom. The molecule has 1 unspecified atom stereocenters. The van der Waals surface area contributed by atoms with Gasteiger partial charge in [0.05, 0.1) is 6.10 Å². The molecule has 112 valence electrons. The molecule has 1 saturated carbocycles. The van der Waals surface area contributed by atoms with E-state index < -0.39 is 17.7 Å². The molecule has 0 amide bonds. The van der Waals surface area contributed by atoms with Gasteiger partial charge in [-0.3, -0.25) is 0 Å². The summed E-state index contributed by atoms with van der Waals surface area (Å²) < 4.78 is 26.7. The number of aliphatic hydroxyl groups excluding tert-OH is 1. The molecule has 21 heavy (non-hydrogen) atoms. The number of halogens is 2. The van der Waals surface area contributed by atoms with Gasteiger partial charge in [0.2, 0.25) is 5.13 Å². The Morgan fingerprint density at radius 3 is 2.86 bits per heavy atom. The van der Waals surface area contributed by atoms with Gasteiger partial charge in [-0.25, -0.2) is 8.78 Å². The number of thioether (sulfide) groups is 1. The maximum absolute atomic E-state index is 13.1. The van der Waals surface area contributed by atoms with Gasteiger partial charge in [0, 0.05) is 11.8 Å². The van der Waals surface area contributed by atoms with E-state index in [1.54, 1.807) is 0 Å². The highest BCUT2D eigenvalue weighted by atomic mass is 32.2. The minimum absolute atomic E-state index is 0.309. The maximum atomic E-state index is 13.1. The smallest absolute Gasteiger partial charge is 0.206 e. The number of nitrogens with one attached hydrogen (secondary N) is 1. The van der Waals surface area contributed by atoms with Crippen LogP contribution in [0.2, 0.25) is 0 Å². The average Bonchev–Trinajstić information content (AvgIpc) is 3.16. The fourth-order valence-electron chi connectivity index (χ4n) is 1.69. The number of hydrogen-bond donors (Lipinski definition) is 2. The lowest BCUT2D eigenvalue weighted by molar-refractivity contribution is 0.203. The first kappa shape index (κ1) is 14.7. The Morgan fingerprint density at radius 2 is 2.14 bits per heavy atom. The molecule has 2 N–H and O–H groups in total. The van der Waals surface area contributed by atoms with Crippen molar-refractivity contribution in [3.8, 4) is 0 Å². The summed E-state index contributed by atoms with van der Waals surface area (Å²) in [6.07, 6.45) is 1.45. The molecule has 1 fully saturated rings. The number of aliphatic hydroxyl groups is 1. The van der Waals surface area contributed by atoms with Crippen molar-refractivity contribution < 1.29 is 13.9 Å². The number of aromatic nitrogens is 2. The molecule has 1 aromatic carbocycles. The van der Waals surface area contributed by atoms with Crippen molar-refractivity contribution in [2.24, 2.45) is 0 Å². The van der Waals surface area contributed by atoms with E-state index in [-0.39, 0.29) is 0 Å². The summed E-state index contributed by atoms with van der Waals surface area (Å²) in [7, 11) is 0. The minimum Gasteiger partial charge on any atom is -0.388 e. The number of nitrogens with zero attached hydrogens (tertiary/aromatic N) is 2. The first-order chi connectivity index (χ1) is 10.1. The van der Waals surface area contributed by atoms with Crippen LogP contribution in [0.15, 0.2) is 22.5 Å². The summed E-state index contributed by atoms with van der Waals surface area (Å²) in [5.74, 6) is -1.56. The lowest BCUT2D eigenvalue weighted by Gasteiger charge is -2.09. The molecule has 2 aromatic rings. The van der Waals surface area contributed by atoms with Crippen LogP contribution in [0.25, 0.3) is 0 Å². The monoisotopic (exact) mass is 329 g/mol. The van der Waals surface area contributed by atoms with Gasteiger partial charge in [-0.15, -0.1) is 10.2 Å². The Bertz CT molecular complexity index is 634. The van der Waals surface area contributed by atoms with Crippen LogP contribution in [0.5, 0.6) is 0 Å². The van der Waals surface area contributed by atoms with Crippen LogP contribution in [0.3, 0.4) is 0 Å². The molecule has 1 aliphatic carbocycles. The van der Waals surface area contributed by atoms with E-state index in [4.69, 9.17) is 0 Å². The van der Waals surface area contributed by atoms with Crippen LogP contribution in [0, 0.1) is 11.6 Å². The third kappa shape index (κ3) is 3.90. The molecule has 8 heteroatoms. The number of benzene rings is 1. The van der Waals surface area contributed by atoms with Gasteiger partial charge >= 0.3 is 0 Å². The van der Waals surface area contributed by atoms with Gasteiger partial charge in [-0.2, -0.15) is 0 Å². The van der Waals surface area contributed by atoms with Crippen LogP contribution in [0.4, 0.5) is 13.9 Å². The average molecular weight is 329 g/mol. The number of hydrogen-bond acceptors (Lipinski definition) is 6. The van der Waals surface area contributed by atoms with Crippen molar-refractivity contribution in [1.29, 1.82) is 0 Å². The molecule has 0 spiro atoms. The van der Waals surface area contributed by atoms with E-state index in [1.807, 2.05) is 0 Å². The topological polar surface area (TPSA) is 58.0 Å². The summed E-state index contributed by atoms with van der Waals surface area (Å²) in [4.78, 5) is 0. The fraction of sp³-hybridized carbons (Fsp3) is 0.385. The van der Waals surface area contributed by atoms with Gasteiger partial charge in [-0.05, 0) is 30.5 Å². The minimum atomic E-state index is -0.955. The summed E-state index contributed by atoms with van der Waals surface area (Å²) >= 11 is 2.77. The van der Waals surface area contributed by atoms with Crippen molar-refractivity contribution in [2.75, 3.05) is 11.1 Å². The van der Waals surface area contributed by atoms with E-state index >= 15 is 0 Å². The first-order valence-corrected chi connectivity index (χ1v) is 8.28. The molecule has 3 rings (SSSR count). The summed E-state index contributed by atoms with van der Waals surface area (Å²) in [5, 5.41) is 22.1. The Labute approximate surface area is 128 Å². The van der Waals surface area contributed by atoms with Crippen LogP contribution >= 0.6 is 23.1 Å². The molecule has 4 nitrogen and oxygen atoms in total. The molecule has 0 saturated heterocycles. The zero-order valence-electron chi connectivity index (χ0n) is 10.9. The molecule has 1 atom stereocenters. The van der Waals surface area contributed by atoms with Crippen LogP contribution in [-0.4, -0.2) is 27.1 Å². The molecular formula is C13H13F2N3OS2. The van der Waals surface area contributed by atoms with Gasteiger partial charge in [-0.1, -0.05) is 29.2 Å². The standard InChI is InChI=1S/C13H13F2N3OS2/c14-9-4-1-7(5-10(9)15)11(19)6-20-13-18-17-12(21-13)16-8-2-3-8/h1,4-5,8,11,19H,2-3,6H2,(H,16,17). The van der Waals surface area contributed by atoms with E-state index in [2.05, 4.69) is 15.5 Å². The maximum Gasteiger partial charge on any atom is 0.206 e. The van der Waals surface area contributed by atoms with Gasteiger partial charge in [0.1, 0.15) is 0 Å². The number of rotatable bonds is 6. The molecule has 1 aromatic heterocycles. The third-order valence-corrected chi connectivity index (χ3v) is 5.07. The van der Waals surface area contributed by atoms with E-state index in [9.17, 15) is 13.9 Å². The quantitative estimate of drug-likeness (QED) is 0.797. The predicted molar refractivity (Wildman–Crippen MR) is 78.6 cm³/mol. The van der Waals surface area contributed by atoms with Crippen LogP contribution in [0.1, 0.15) is 24.5 Å². The second kappa shape index (κ2) is 6.25. The van der Waals surface area contributed by atoms with Crippen molar-refractivity contribution in [3.63, 3.8) is 0 Å². The van der Waals surface area contributed by atoms with Gasteiger partial charge in [0.15, 0.2) is 16.0 Å². The van der Waals surface area contributed by atoms with Crippen molar-refractivity contribution >= 4 is 28.2 Å². The van der Waals surface area contributed by atoms with Crippen LogP contribution < -0.4 is 5.32 Å². The van der Waals surface area contributed by atoms with Crippen molar-refractivity contribution in [1.82, 2.24) is 10.2 Å². The first-order valence-electron chi connectivity index (χ1n) is 6.47. The zero-order valence-corrected chi connectivity index (χ0v) is 12.6. The summed E-state index contributed by atoms with van der Waals surface area (Å²) in [6.45, 7) is 0. The Kier molecular flexibility index (Phi) is 4.37. The molecule has 0 radical (unpaired) electrons. The van der Waals surface area contributed by atoms with Crippen molar-refractivity contribution in [2.45, 2.75) is 29.3 Å². The lowest BCUT2D eigenvalue weighted by Crippen LogP contribution is -2.01. The second-order valence-corrected chi connectivity index (χ2v) is 7.04. The van der Waals surface area contributed by atoms with E-state index in [0.29, 0.717) is 17.4 Å². The van der Waals surface area contributed by atoms with Crippen LogP contribution in [-0.2, 0) is 0 Å². The highest BCUT2D eigenvalue weighted by Gasteiger charge is 2.22. The van der Waals surface area contributed by atoms with E-state index in [1.165, 1.54) is 29.2 Å². The summed E-state index contributed by atoms with van der Waals surface area (Å²) in [6, 6.07) is 3.93. The predicted octanol–water partition coefficient (Wildman–Crippen LogP) is 3.22. The molecule has 0 aliphatic heterocycles. The molecule has 1 aliphatic rings. The normalized spacial score (nSPS) is 16.0. The number of anilines is 1. The molecular weight excluding hydrogens is 316 g/mol. The Hall–Kier alpha value is -1.25. The Balaban J connectivity index is 1.55. The highest BCUT2D eigenvalue weighted by Crippen LogP contribution is 2.32. The third-order valence-electron chi connectivity index (χ3n) is 3.00. The fourth-order valence-corrected chi connectivity index (χ4v) is 3.52. The lowest BCUT2D eigenvalue weighted by atomic mass is 10.1. The van der Waals surface area contributed by atoms with Gasteiger partial charge < -0.3 is 10.4 Å². The molecule has 1 heterocycles. The van der Waals surface area contributed by atoms with Crippen molar-refractivity contribution in [3.05, 3.63) is 35.4 Å². The van der Waals surface area contributed by atoms with E-state index in [0.717, 1.165) is 34.4 Å². The zero-order chi connectivity index (χ0) is 14.8. The van der Waals surface area contributed by atoms with Gasteiger partial charge in [0.25, 0.3) is 0 Å². The second-order valence-electron chi connectivity index (χ2n) is 4.79. The SMILES string of the molecule is OC(CSc1nnc(NC2CC2)s1)c1ccc(F)c(F)c1. The summed E-state index contributed by atoms with van der Waals surface area (Å²) in [5.41, 5.74) is 0.349.